The summed E-state index contributed by atoms with van der Waals surface area (Å²) in [5.74, 6) is -1.03. The Morgan fingerprint density at radius 2 is 2.00 bits per heavy atom. The second-order valence-electron chi connectivity index (χ2n) is 4.40. The van der Waals surface area contributed by atoms with E-state index in [4.69, 9.17) is 5.11 Å². The SMILES string of the molecule is C=CCN(CC(=O)O)CC(=O)NC1CCCC1. The molecule has 0 radical (unpaired) electrons. The third-order valence-corrected chi connectivity index (χ3v) is 2.83. The van der Waals surface area contributed by atoms with Gasteiger partial charge in [0.2, 0.25) is 5.91 Å². The van der Waals surface area contributed by atoms with E-state index in [-0.39, 0.29) is 25.0 Å². The van der Waals surface area contributed by atoms with Crippen LogP contribution in [0.1, 0.15) is 25.7 Å². The van der Waals surface area contributed by atoms with Gasteiger partial charge in [-0.1, -0.05) is 18.9 Å². The standard InChI is InChI=1S/C12H20N2O3/c1-2-7-14(9-12(16)17)8-11(15)13-10-5-3-4-6-10/h2,10H,1,3-9H2,(H,13,15)(H,16,17). The lowest BCUT2D eigenvalue weighted by Crippen LogP contribution is -2.42. The smallest absolute Gasteiger partial charge is 0.317 e. The lowest BCUT2D eigenvalue weighted by atomic mass is 10.2. The highest BCUT2D eigenvalue weighted by Gasteiger charge is 2.19. The molecule has 1 rings (SSSR count). The average Bonchev–Trinajstić information content (AvgIpc) is 2.69. The predicted molar refractivity (Wildman–Crippen MR) is 64.7 cm³/mol. The van der Waals surface area contributed by atoms with Crippen molar-refractivity contribution in [2.75, 3.05) is 19.6 Å². The molecule has 0 aromatic rings. The number of rotatable bonds is 7. The predicted octanol–water partition coefficient (Wildman–Crippen LogP) is 0.618. The highest BCUT2D eigenvalue weighted by Crippen LogP contribution is 2.17. The molecule has 96 valence electrons. The van der Waals surface area contributed by atoms with Crippen LogP contribution in [0.4, 0.5) is 0 Å². The third kappa shape index (κ3) is 5.49. The van der Waals surface area contributed by atoms with Crippen LogP contribution in [0.2, 0.25) is 0 Å². The van der Waals surface area contributed by atoms with Crippen LogP contribution in [0.15, 0.2) is 12.7 Å². The molecule has 5 heteroatoms. The number of nitrogens with zero attached hydrogens (tertiary/aromatic N) is 1. The van der Waals surface area contributed by atoms with Crippen LogP contribution >= 0.6 is 0 Å². The Bertz CT molecular complexity index is 285. The van der Waals surface area contributed by atoms with E-state index >= 15 is 0 Å². The van der Waals surface area contributed by atoms with Gasteiger partial charge < -0.3 is 10.4 Å². The molecule has 0 aliphatic heterocycles. The van der Waals surface area contributed by atoms with Gasteiger partial charge in [-0.25, -0.2) is 0 Å². The summed E-state index contributed by atoms with van der Waals surface area (Å²) in [6.07, 6.45) is 6.00. The minimum absolute atomic E-state index is 0.0972. The zero-order chi connectivity index (χ0) is 12.7. The van der Waals surface area contributed by atoms with Gasteiger partial charge in [0.25, 0.3) is 0 Å². The first-order chi connectivity index (χ1) is 8.11. The molecule has 1 fully saturated rings. The van der Waals surface area contributed by atoms with Crippen molar-refractivity contribution < 1.29 is 14.7 Å². The molecule has 0 bridgehead atoms. The number of carbonyl (C=O) groups is 2. The van der Waals surface area contributed by atoms with Crippen molar-refractivity contribution in [3.63, 3.8) is 0 Å². The molecule has 0 unspecified atom stereocenters. The summed E-state index contributed by atoms with van der Waals surface area (Å²) < 4.78 is 0. The highest BCUT2D eigenvalue weighted by molar-refractivity contribution is 5.79. The number of aliphatic carboxylic acids is 1. The van der Waals surface area contributed by atoms with E-state index in [9.17, 15) is 9.59 Å². The minimum atomic E-state index is -0.930. The van der Waals surface area contributed by atoms with Crippen molar-refractivity contribution in [3.05, 3.63) is 12.7 Å². The van der Waals surface area contributed by atoms with E-state index in [0.717, 1.165) is 25.7 Å². The minimum Gasteiger partial charge on any atom is -0.480 e. The zero-order valence-corrected chi connectivity index (χ0v) is 10.0. The maximum atomic E-state index is 11.7. The van der Waals surface area contributed by atoms with Crippen LogP contribution < -0.4 is 5.32 Å². The highest BCUT2D eigenvalue weighted by atomic mass is 16.4. The molecule has 0 aromatic heterocycles. The van der Waals surface area contributed by atoms with E-state index < -0.39 is 5.97 Å². The normalized spacial score (nSPS) is 16.1. The summed E-state index contributed by atoms with van der Waals surface area (Å²) in [6.45, 7) is 3.94. The first kappa shape index (κ1) is 13.7. The molecule has 0 aromatic carbocycles. The second kappa shape index (κ2) is 7.06. The van der Waals surface area contributed by atoms with Crippen LogP contribution in [0.3, 0.4) is 0 Å². The molecule has 0 atom stereocenters. The molecule has 1 saturated carbocycles. The summed E-state index contributed by atoms with van der Waals surface area (Å²) in [5, 5.41) is 11.6. The van der Waals surface area contributed by atoms with Crippen molar-refractivity contribution in [2.45, 2.75) is 31.7 Å². The van der Waals surface area contributed by atoms with E-state index in [0.29, 0.717) is 6.54 Å². The van der Waals surface area contributed by atoms with Gasteiger partial charge in [0.1, 0.15) is 0 Å². The van der Waals surface area contributed by atoms with Crippen molar-refractivity contribution in [1.82, 2.24) is 10.2 Å². The van der Waals surface area contributed by atoms with Crippen LogP contribution in [-0.2, 0) is 9.59 Å². The Balaban J connectivity index is 2.33. The maximum Gasteiger partial charge on any atom is 0.317 e. The Morgan fingerprint density at radius 3 is 2.53 bits per heavy atom. The average molecular weight is 240 g/mol. The fraction of sp³-hybridized carbons (Fsp3) is 0.667. The molecule has 0 heterocycles. The van der Waals surface area contributed by atoms with Gasteiger partial charge in [-0.05, 0) is 12.8 Å². The molecule has 0 spiro atoms. The van der Waals surface area contributed by atoms with Crippen LogP contribution in [-0.4, -0.2) is 47.6 Å². The molecule has 5 nitrogen and oxygen atoms in total. The summed E-state index contributed by atoms with van der Waals surface area (Å²) in [5.41, 5.74) is 0. The van der Waals surface area contributed by atoms with Gasteiger partial charge >= 0.3 is 5.97 Å². The fourth-order valence-corrected chi connectivity index (χ4v) is 2.11. The van der Waals surface area contributed by atoms with Crippen LogP contribution in [0, 0.1) is 0 Å². The Hall–Kier alpha value is -1.36. The summed E-state index contributed by atoms with van der Waals surface area (Å²) in [7, 11) is 0. The molecule has 1 aliphatic rings. The lowest BCUT2D eigenvalue weighted by Gasteiger charge is -2.19. The number of nitrogens with one attached hydrogen (secondary N) is 1. The fourth-order valence-electron chi connectivity index (χ4n) is 2.11. The second-order valence-corrected chi connectivity index (χ2v) is 4.40. The van der Waals surface area contributed by atoms with Crippen molar-refractivity contribution in [1.29, 1.82) is 0 Å². The number of amides is 1. The van der Waals surface area contributed by atoms with Gasteiger partial charge in [0.15, 0.2) is 0 Å². The van der Waals surface area contributed by atoms with Crippen molar-refractivity contribution >= 4 is 11.9 Å². The van der Waals surface area contributed by atoms with Crippen LogP contribution in [0.5, 0.6) is 0 Å². The number of carboxylic acids is 1. The molecular formula is C12H20N2O3. The largest absolute Gasteiger partial charge is 0.480 e. The Kier molecular flexibility index (Phi) is 5.69. The van der Waals surface area contributed by atoms with Crippen molar-refractivity contribution in [3.8, 4) is 0 Å². The topological polar surface area (TPSA) is 69.6 Å². The van der Waals surface area contributed by atoms with E-state index in [1.54, 1.807) is 11.0 Å². The molecule has 2 N–H and O–H groups in total. The third-order valence-electron chi connectivity index (χ3n) is 2.83. The van der Waals surface area contributed by atoms with Gasteiger partial charge in [0, 0.05) is 12.6 Å². The Morgan fingerprint density at radius 1 is 1.35 bits per heavy atom. The first-order valence-electron chi connectivity index (χ1n) is 5.96. The Labute approximate surface area is 101 Å². The maximum absolute atomic E-state index is 11.7. The lowest BCUT2D eigenvalue weighted by molar-refractivity contribution is -0.138. The monoisotopic (exact) mass is 240 g/mol. The quantitative estimate of drug-likeness (QED) is 0.640. The number of carbonyl (C=O) groups excluding carboxylic acids is 1. The van der Waals surface area contributed by atoms with Gasteiger partial charge in [-0.3, -0.25) is 14.5 Å². The molecule has 1 aliphatic carbocycles. The summed E-state index contributed by atoms with van der Waals surface area (Å²) in [4.78, 5) is 23.8. The first-order valence-corrected chi connectivity index (χ1v) is 5.96. The summed E-state index contributed by atoms with van der Waals surface area (Å²) >= 11 is 0. The van der Waals surface area contributed by atoms with E-state index in [2.05, 4.69) is 11.9 Å². The van der Waals surface area contributed by atoms with E-state index in [1.807, 2.05) is 0 Å². The van der Waals surface area contributed by atoms with Gasteiger partial charge in [0.05, 0.1) is 13.1 Å². The molecule has 1 amide bonds. The zero-order valence-electron chi connectivity index (χ0n) is 10.0. The molecule has 17 heavy (non-hydrogen) atoms. The van der Waals surface area contributed by atoms with Gasteiger partial charge in [-0.15, -0.1) is 6.58 Å². The summed E-state index contributed by atoms with van der Waals surface area (Å²) in [6, 6.07) is 0.276. The number of carboxylic acid groups (broad SMARTS) is 1. The van der Waals surface area contributed by atoms with Crippen LogP contribution in [0.25, 0.3) is 0 Å². The molecular weight excluding hydrogens is 220 g/mol. The molecule has 0 saturated heterocycles. The number of hydrogen-bond donors (Lipinski definition) is 2. The van der Waals surface area contributed by atoms with E-state index in [1.165, 1.54) is 0 Å². The van der Waals surface area contributed by atoms with Gasteiger partial charge in [-0.2, -0.15) is 0 Å². The number of hydrogen-bond acceptors (Lipinski definition) is 3. The van der Waals surface area contributed by atoms with Crippen molar-refractivity contribution in [2.24, 2.45) is 0 Å².